The molecule has 0 saturated heterocycles. The first kappa shape index (κ1) is 22.1. The summed E-state index contributed by atoms with van der Waals surface area (Å²) in [6, 6.07) is 9.07. The molecule has 0 radical (unpaired) electrons. The molecule has 1 aromatic carbocycles. The number of carbonyl (C=O) groups is 1. The molecule has 7 nitrogen and oxygen atoms in total. The molecule has 0 fully saturated rings. The van der Waals surface area contributed by atoms with Crippen molar-refractivity contribution in [1.82, 2.24) is 25.5 Å². The molecule has 3 N–H and O–H groups in total. The molecule has 26 heavy (non-hydrogen) atoms. The Hall–Kier alpha value is -1.99. The molecule has 144 valence electrons. The molecule has 1 aromatic heterocycles. The fourth-order valence-corrected chi connectivity index (χ4v) is 2.71. The van der Waals surface area contributed by atoms with Crippen LogP contribution in [0, 0.1) is 5.92 Å². The largest absolute Gasteiger partial charge is 0.350 e. The number of benzene rings is 1. The Bertz CT molecular complexity index is 661. The van der Waals surface area contributed by atoms with Crippen molar-refractivity contribution >= 4 is 18.3 Å². The maximum atomic E-state index is 12.8. The minimum Gasteiger partial charge on any atom is -0.350 e. The molecule has 0 aliphatic heterocycles. The van der Waals surface area contributed by atoms with E-state index in [-0.39, 0.29) is 30.3 Å². The van der Waals surface area contributed by atoms with E-state index < -0.39 is 6.04 Å². The Morgan fingerprint density at radius 1 is 1.27 bits per heavy atom. The Kier molecular flexibility index (Phi) is 9.23. The third-order valence-electron chi connectivity index (χ3n) is 4.15. The van der Waals surface area contributed by atoms with Crippen LogP contribution in [-0.4, -0.2) is 38.7 Å². The number of hydrogen-bond acceptors (Lipinski definition) is 5. The average Bonchev–Trinajstić information content (AvgIpc) is 3.08. The molecule has 2 rings (SSSR count). The van der Waals surface area contributed by atoms with Crippen LogP contribution in [0.1, 0.15) is 46.1 Å². The van der Waals surface area contributed by atoms with Crippen LogP contribution in [0.25, 0.3) is 11.4 Å². The smallest absolute Gasteiger partial charge is 0.247 e. The highest BCUT2D eigenvalue weighted by Gasteiger charge is 2.28. The number of rotatable bonds is 9. The van der Waals surface area contributed by atoms with Crippen molar-refractivity contribution in [3.63, 3.8) is 0 Å². The SMILES string of the molecule is CCCCC(CN)NC(=O)C(C(C)C)n1nnc(-c2ccccc2)n1.Cl. The van der Waals surface area contributed by atoms with Crippen LogP contribution in [-0.2, 0) is 4.79 Å². The van der Waals surface area contributed by atoms with Crippen molar-refractivity contribution in [3.05, 3.63) is 30.3 Å². The summed E-state index contributed by atoms with van der Waals surface area (Å²) in [4.78, 5) is 14.2. The first-order chi connectivity index (χ1) is 12.1. The van der Waals surface area contributed by atoms with E-state index in [1.54, 1.807) is 0 Å². The predicted molar refractivity (Wildman–Crippen MR) is 105 cm³/mol. The van der Waals surface area contributed by atoms with E-state index in [9.17, 15) is 4.79 Å². The van der Waals surface area contributed by atoms with Gasteiger partial charge in [0.15, 0.2) is 6.04 Å². The van der Waals surface area contributed by atoms with Crippen LogP contribution in [0.4, 0.5) is 0 Å². The van der Waals surface area contributed by atoms with Crippen LogP contribution >= 0.6 is 12.4 Å². The van der Waals surface area contributed by atoms with Crippen LogP contribution < -0.4 is 11.1 Å². The fourth-order valence-electron chi connectivity index (χ4n) is 2.71. The summed E-state index contributed by atoms with van der Waals surface area (Å²) in [6.07, 6.45) is 2.99. The van der Waals surface area contributed by atoms with Crippen molar-refractivity contribution in [3.8, 4) is 11.4 Å². The van der Waals surface area contributed by atoms with Gasteiger partial charge in [-0.2, -0.15) is 4.80 Å². The zero-order valence-corrected chi connectivity index (χ0v) is 16.4. The van der Waals surface area contributed by atoms with E-state index in [2.05, 4.69) is 27.7 Å². The standard InChI is InChI=1S/C18H28N6O.ClH/c1-4-5-11-15(12-19)20-18(25)16(13(2)3)24-22-17(21-23-24)14-9-7-6-8-10-14;/h6-10,13,15-16H,4-5,11-12,19H2,1-3H3,(H,20,25);1H. The van der Waals surface area contributed by atoms with Gasteiger partial charge in [-0.05, 0) is 17.6 Å². The zero-order valence-electron chi connectivity index (χ0n) is 15.6. The van der Waals surface area contributed by atoms with Crippen LogP contribution in [0.5, 0.6) is 0 Å². The van der Waals surface area contributed by atoms with Gasteiger partial charge in [0.25, 0.3) is 0 Å². The molecule has 0 spiro atoms. The molecule has 2 atom stereocenters. The monoisotopic (exact) mass is 380 g/mol. The van der Waals surface area contributed by atoms with E-state index in [4.69, 9.17) is 5.73 Å². The molecule has 0 saturated carbocycles. The lowest BCUT2D eigenvalue weighted by atomic mass is 10.0. The van der Waals surface area contributed by atoms with E-state index in [1.807, 2.05) is 44.2 Å². The minimum absolute atomic E-state index is 0. The van der Waals surface area contributed by atoms with Gasteiger partial charge in [0.05, 0.1) is 0 Å². The number of carbonyl (C=O) groups excluding carboxylic acids is 1. The molecule has 0 aliphatic carbocycles. The van der Waals surface area contributed by atoms with E-state index in [0.717, 1.165) is 24.8 Å². The number of aromatic nitrogens is 4. The van der Waals surface area contributed by atoms with Crippen LogP contribution in [0.2, 0.25) is 0 Å². The molecule has 1 amide bonds. The Labute approximate surface area is 161 Å². The lowest BCUT2D eigenvalue weighted by Crippen LogP contribution is -2.45. The number of nitrogens with two attached hydrogens (primary N) is 1. The maximum Gasteiger partial charge on any atom is 0.247 e. The van der Waals surface area contributed by atoms with Gasteiger partial charge in [0, 0.05) is 18.2 Å². The van der Waals surface area contributed by atoms with Gasteiger partial charge in [0.2, 0.25) is 11.7 Å². The van der Waals surface area contributed by atoms with Gasteiger partial charge in [-0.15, -0.1) is 22.6 Å². The second-order valence-electron chi connectivity index (χ2n) is 6.57. The summed E-state index contributed by atoms with van der Waals surface area (Å²) < 4.78 is 0. The predicted octanol–water partition coefficient (Wildman–Crippen LogP) is 2.59. The van der Waals surface area contributed by atoms with Gasteiger partial charge >= 0.3 is 0 Å². The zero-order chi connectivity index (χ0) is 18.2. The molecule has 2 aromatic rings. The number of nitrogens with one attached hydrogen (secondary N) is 1. The number of nitrogens with zero attached hydrogens (tertiary/aromatic N) is 4. The Morgan fingerprint density at radius 2 is 1.96 bits per heavy atom. The van der Waals surface area contributed by atoms with Crippen molar-refractivity contribution in [1.29, 1.82) is 0 Å². The minimum atomic E-state index is -0.513. The summed E-state index contributed by atoms with van der Waals surface area (Å²) in [5.74, 6) is 0.432. The highest BCUT2D eigenvalue weighted by molar-refractivity contribution is 5.85. The molecular formula is C18H29ClN6O. The summed E-state index contributed by atoms with van der Waals surface area (Å²) in [5.41, 5.74) is 6.67. The Balaban J connectivity index is 0.00000338. The van der Waals surface area contributed by atoms with Crippen molar-refractivity contribution in [2.75, 3.05) is 6.54 Å². The lowest BCUT2D eigenvalue weighted by Gasteiger charge is -2.23. The van der Waals surface area contributed by atoms with Gasteiger partial charge in [-0.25, -0.2) is 0 Å². The van der Waals surface area contributed by atoms with E-state index in [0.29, 0.717) is 12.4 Å². The second kappa shape index (κ2) is 10.9. The summed E-state index contributed by atoms with van der Waals surface area (Å²) in [5, 5.41) is 15.7. The van der Waals surface area contributed by atoms with Gasteiger partial charge in [0.1, 0.15) is 0 Å². The van der Waals surface area contributed by atoms with E-state index in [1.165, 1.54) is 4.80 Å². The first-order valence-electron chi connectivity index (χ1n) is 8.92. The van der Waals surface area contributed by atoms with Crippen LogP contribution in [0.3, 0.4) is 0 Å². The Morgan fingerprint density at radius 3 is 2.54 bits per heavy atom. The summed E-state index contributed by atoms with van der Waals surface area (Å²) in [7, 11) is 0. The number of halogens is 1. The molecule has 0 bridgehead atoms. The average molecular weight is 381 g/mol. The number of unbranched alkanes of at least 4 members (excludes halogenated alkanes) is 1. The van der Waals surface area contributed by atoms with Gasteiger partial charge in [-0.3, -0.25) is 4.79 Å². The van der Waals surface area contributed by atoms with Crippen LogP contribution in [0.15, 0.2) is 30.3 Å². The van der Waals surface area contributed by atoms with E-state index >= 15 is 0 Å². The number of tetrazole rings is 1. The normalized spacial score (nSPS) is 13.1. The number of hydrogen-bond donors (Lipinski definition) is 2. The highest BCUT2D eigenvalue weighted by atomic mass is 35.5. The van der Waals surface area contributed by atoms with Crippen molar-refractivity contribution in [2.24, 2.45) is 11.7 Å². The molecule has 2 unspecified atom stereocenters. The van der Waals surface area contributed by atoms with Gasteiger partial charge < -0.3 is 11.1 Å². The summed E-state index contributed by atoms with van der Waals surface area (Å²) in [6.45, 7) is 6.49. The molecule has 1 heterocycles. The topological polar surface area (TPSA) is 98.7 Å². The quantitative estimate of drug-likeness (QED) is 0.696. The first-order valence-corrected chi connectivity index (χ1v) is 8.92. The second-order valence-corrected chi connectivity index (χ2v) is 6.57. The van der Waals surface area contributed by atoms with Crippen molar-refractivity contribution < 1.29 is 4.79 Å². The van der Waals surface area contributed by atoms with Crippen molar-refractivity contribution in [2.45, 2.75) is 52.1 Å². The highest BCUT2D eigenvalue weighted by Crippen LogP contribution is 2.19. The number of amides is 1. The third-order valence-corrected chi connectivity index (χ3v) is 4.15. The third kappa shape index (κ3) is 5.78. The molecule has 8 heteroatoms. The molecular weight excluding hydrogens is 352 g/mol. The van der Waals surface area contributed by atoms with Gasteiger partial charge in [-0.1, -0.05) is 63.9 Å². The maximum absolute atomic E-state index is 12.8. The lowest BCUT2D eigenvalue weighted by molar-refractivity contribution is -0.127. The summed E-state index contributed by atoms with van der Waals surface area (Å²) >= 11 is 0. The molecule has 0 aliphatic rings. The fraction of sp³-hybridized carbons (Fsp3) is 0.556.